The van der Waals surface area contributed by atoms with Gasteiger partial charge in [-0.2, -0.15) is 5.10 Å². The molecule has 1 heterocycles. The van der Waals surface area contributed by atoms with Gasteiger partial charge in [0.05, 0.1) is 6.54 Å². The number of benzene rings is 1. The van der Waals surface area contributed by atoms with Crippen LogP contribution >= 0.6 is 11.6 Å². The maximum absolute atomic E-state index is 6.01. The number of anilines is 1. The monoisotopic (exact) mass is 207 g/mol. The summed E-state index contributed by atoms with van der Waals surface area (Å²) in [5.41, 5.74) is 6.54. The van der Waals surface area contributed by atoms with Gasteiger partial charge in [-0.05, 0) is 17.7 Å². The molecule has 14 heavy (non-hydrogen) atoms. The van der Waals surface area contributed by atoms with Crippen LogP contribution in [0.1, 0.15) is 5.56 Å². The minimum Gasteiger partial charge on any atom is -0.382 e. The zero-order valence-corrected chi connectivity index (χ0v) is 8.28. The molecule has 4 heteroatoms. The van der Waals surface area contributed by atoms with Crippen molar-refractivity contribution in [1.82, 2.24) is 9.78 Å². The summed E-state index contributed by atoms with van der Waals surface area (Å²) < 4.78 is 1.76. The molecule has 2 N–H and O–H groups in total. The number of hydrogen-bond donors (Lipinski definition) is 1. The van der Waals surface area contributed by atoms with Crippen LogP contribution in [0.2, 0.25) is 5.02 Å². The first-order valence-electron chi connectivity index (χ1n) is 4.28. The first-order chi connectivity index (χ1) is 6.75. The van der Waals surface area contributed by atoms with E-state index in [2.05, 4.69) is 5.10 Å². The number of hydrogen-bond acceptors (Lipinski definition) is 2. The van der Waals surface area contributed by atoms with E-state index >= 15 is 0 Å². The van der Waals surface area contributed by atoms with E-state index in [1.165, 1.54) is 0 Å². The highest BCUT2D eigenvalue weighted by molar-refractivity contribution is 6.31. The molecule has 0 saturated heterocycles. The molecule has 2 aromatic rings. The van der Waals surface area contributed by atoms with E-state index in [4.69, 9.17) is 17.3 Å². The number of nitrogen functional groups attached to an aromatic ring is 1. The summed E-state index contributed by atoms with van der Waals surface area (Å²) in [6.07, 6.45) is 1.83. The van der Waals surface area contributed by atoms with E-state index < -0.39 is 0 Å². The maximum atomic E-state index is 6.01. The zero-order valence-electron chi connectivity index (χ0n) is 7.52. The maximum Gasteiger partial charge on any atom is 0.145 e. The average molecular weight is 208 g/mol. The second-order valence-electron chi connectivity index (χ2n) is 3.03. The molecule has 0 fully saturated rings. The summed E-state index contributed by atoms with van der Waals surface area (Å²) in [5, 5.41) is 4.83. The highest BCUT2D eigenvalue weighted by atomic mass is 35.5. The fourth-order valence-electron chi connectivity index (χ4n) is 1.27. The number of nitrogens with two attached hydrogens (primary N) is 1. The molecular formula is C10H10ClN3. The average Bonchev–Trinajstić information content (AvgIpc) is 2.56. The van der Waals surface area contributed by atoms with Crippen molar-refractivity contribution >= 4 is 17.4 Å². The lowest BCUT2D eigenvalue weighted by Crippen LogP contribution is -2.01. The van der Waals surface area contributed by atoms with Gasteiger partial charge in [0, 0.05) is 11.2 Å². The smallest absolute Gasteiger partial charge is 0.145 e. The lowest BCUT2D eigenvalue weighted by atomic mass is 10.2. The molecule has 2 rings (SSSR count). The van der Waals surface area contributed by atoms with Crippen LogP contribution in [-0.4, -0.2) is 9.78 Å². The van der Waals surface area contributed by atoms with Crippen molar-refractivity contribution < 1.29 is 0 Å². The van der Waals surface area contributed by atoms with Gasteiger partial charge in [-0.15, -0.1) is 0 Å². The Hall–Kier alpha value is -1.48. The molecule has 1 aromatic heterocycles. The first kappa shape index (κ1) is 9.09. The molecule has 0 unspecified atom stereocenters. The van der Waals surface area contributed by atoms with Crippen molar-refractivity contribution in [3.05, 3.63) is 47.1 Å². The molecule has 0 radical (unpaired) electrons. The predicted molar refractivity (Wildman–Crippen MR) is 57.2 cm³/mol. The summed E-state index contributed by atoms with van der Waals surface area (Å²) >= 11 is 6.01. The van der Waals surface area contributed by atoms with Crippen molar-refractivity contribution in [3.63, 3.8) is 0 Å². The lowest BCUT2D eigenvalue weighted by molar-refractivity contribution is 0.690. The summed E-state index contributed by atoms with van der Waals surface area (Å²) in [6.45, 7) is 0.650. The van der Waals surface area contributed by atoms with E-state index in [1.807, 2.05) is 30.5 Å². The van der Waals surface area contributed by atoms with Crippen LogP contribution in [-0.2, 0) is 6.54 Å². The van der Waals surface area contributed by atoms with Gasteiger partial charge in [-0.3, -0.25) is 4.68 Å². The van der Waals surface area contributed by atoms with E-state index in [0.29, 0.717) is 12.4 Å². The van der Waals surface area contributed by atoms with Crippen molar-refractivity contribution in [1.29, 1.82) is 0 Å². The number of rotatable bonds is 2. The zero-order chi connectivity index (χ0) is 9.97. The minimum absolute atomic E-state index is 0.525. The van der Waals surface area contributed by atoms with E-state index in [9.17, 15) is 0 Å². The van der Waals surface area contributed by atoms with E-state index in [1.54, 1.807) is 10.7 Å². The molecule has 3 nitrogen and oxygen atoms in total. The topological polar surface area (TPSA) is 43.8 Å². The number of aromatic nitrogens is 2. The van der Waals surface area contributed by atoms with Crippen molar-refractivity contribution in [2.45, 2.75) is 6.54 Å². The Kier molecular flexibility index (Phi) is 2.41. The number of nitrogens with zero attached hydrogens (tertiary/aromatic N) is 2. The predicted octanol–water partition coefficient (Wildman–Crippen LogP) is 2.17. The normalized spacial score (nSPS) is 10.4. The van der Waals surface area contributed by atoms with Crippen molar-refractivity contribution in [2.75, 3.05) is 5.73 Å². The van der Waals surface area contributed by atoms with Crippen LogP contribution < -0.4 is 5.73 Å². The Balaban J connectivity index is 2.23. The Morgan fingerprint density at radius 3 is 2.71 bits per heavy atom. The summed E-state index contributed by atoms with van der Waals surface area (Å²) in [4.78, 5) is 0. The molecular weight excluding hydrogens is 198 g/mol. The second kappa shape index (κ2) is 3.72. The van der Waals surface area contributed by atoms with Crippen LogP contribution in [0.3, 0.4) is 0 Å². The molecule has 0 aliphatic heterocycles. The third kappa shape index (κ3) is 1.88. The van der Waals surface area contributed by atoms with Crippen molar-refractivity contribution in [2.24, 2.45) is 0 Å². The molecule has 0 atom stereocenters. The third-order valence-electron chi connectivity index (χ3n) is 1.95. The standard InChI is InChI=1S/C10H10ClN3/c11-9-4-2-1-3-8(9)7-14-6-5-10(12)13-14/h1-6H,7H2,(H2,12,13). The van der Waals surface area contributed by atoms with Gasteiger partial charge >= 0.3 is 0 Å². The molecule has 1 aromatic carbocycles. The summed E-state index contributed by atoms with van der Waals surface area (Å²) in [7, 11) is 0. The second-order valence-corrected chi connectivity index (χ2v) is 3.44. The molecule has 0 aliphatic rings. The summed E-state index contributed by atoms with van der Waals surface area (Å²) in [6, 6.07) is 9.46. The quantitative estimate of drug-likeness (QED) is 0.820. The van der Waals surface area contributed by atoms with Crippen LogP contribution in [0.25, 0.3) is 0 Å². The van der Waals surface area contributed by atoms with Gasteiger partial charge < -0.3 is 5.73 Å². The highest BCUT2D eigenvalue weighted by Crippen LogP contribution is 2.15. The Bertz CT molecular complexity index is 436. The lowest BCUT2D eigenvalue weighted by Gasteiger charge is -2.03. The Labute approximate surface area is 87.1 Å². The first-order valence-corrected chi connectivity index (χ1v) is 4.66. The fraction of sp³-hybridized carbons (Fsp3) is 0.100. The molecule has 72 valence electrons. The van der Waals surface area contributed by atoms with E-state index in [-0.39, 0.29) is 0 Å². The molecule has 0 saturated carbocycles. The number of halogens is 1. The third-order valence-corrected chi connectivity index (χ3v) is 2.32. The highest BCUT2D eigenvalue weighted by Gasteiger charge is 2.00. The fourth-order valence-corrected chi connectivity index (χ4v) is 1.46. The minimum atomic E-state index is 0.525. The van der Waals surface area contributed by atoms with Crippen LogP contribution in [0.4, 0.5) is 5.82 Å². The van der Waals surface area contributed by atoms with Gasteiger partial charge in [-0.25, -0.2) is 0 Å². The molecule has 0 amide bonds. The molecule has 0 aliphatic carbocycles. The SMILES string of the molecule is Nc1ccn(Cc2ccccc2Cl)n1. The van der Waals surface area contributed by atoms with Gasteiger partial charge in [0.1, 0.15) is 5.82 Å². The van der Waals surface area contributed by atoms with Crippen LogP contribution in [0, 0.1) is 0 Å². The Morgan fingerprint density at radius 2 is 2.07 bits per heavy atom. The van der Waals surface area contributed by atoms with Gasteiger partial charge in [0.15, 0.2) is 0 Å². The van der Waals surface area contributed by atoms with Crippen LogP contribution in [0.15, 0.2) is 36.5 Å². The van der Waals surface area contributed by atoms with Gasteiger partial charge in [-0.1, -0.05) is 29.8 Å². The van der Waals surface area contributed by atoms with Crippen molar-refractivity contribution in [3.8, 4) is 0 Å². The van der Waals surface area contributed by atoms with E-state index in [0.717, 1.165) is 10.6 Å². The molecule has 0 bridgehead atoms. The van der Waals surface area contributed by atoms with Gasteiger partial charge in [0.25, 0.3) is 0 Å². The summed E-state index contributed by atoms with van der Waals surface area (Å²) in [5.74, 6) is 0.525. The molecule has 0 spiro atoms. The Morgan fingerprint density at radius 1 is 1.29 bits per heavy atom. The van der Waals surface area contributed by atoms with Crippen LogP contribution in [0.5, 0.6) is 0 Å². The van der Waals surface area contributed by atoms with Gasteiger partial charge in [0.2, 0.25) is 0 Å². The largest absolute Gasteiger partial charge is 0.382 e.